The minimum absolute atomic E-state index is 0.128. The van der Waals surface area contributed by atoms with Gasteiger partial charge in [0.2, 0.25) is 0 Å². The topological polar surface area (TPSA) is 29.1 Å². The van der Waals surface area contributed by atoms with Gasteiger partial charge in [-0.2, -0.15) is 0 Å². The van der Waals surface area contributed by atoms with Crippen LogP contribution in [0.2, 0.25) is 0 Å². The standard InChI is InChI=1S/C19H20FNO/c1-12-9-14-5-3-4-6-15(14)11-17(12)19(22)21-16-7-8-18(20)13(2)10-16/h7-11H,3-6H2,1-2H3,(H,21,22). The first-order valence-electron chi connectivity index (χ1n) is 7.74. The highest BCUT2D eigenvalue weighted by atomic mass is 19.1. The van der Waals surface area contributed by atoms with E-state index in [1.807, 2.05) is 13.0 Å². The highest BCUT2D eigenvalue weighted by molar-refractivity contribution is 6.05. The lowest BCUT2D eigenvalue weighted by Crippen LogP contribution is -2.15. The van der Waals surface area contributed by atoms with Gasteiger partial charge < -0.3 is 5.32 Å². The molecule has 1 aliphatic carbocycles. The second-order valence-electron chi connectivity index (χ2n) is 6.06. The number of benzene rings is 2. The zero-order valence-corrected chi connectivity index (χ0v) is 13.0. The van der Waals surface area contributed by atoms with E-state index in [0.29, 0.717) is 16.8 Å². The Balaban J connectivity index is 1.87. The van der Waals surface area contributed by atoms with E-state index >= 15 is 0 Å². The van der Waals surface area contributed by atoms with Crippen molar-refractivity contribution in [3.63, 3.8) is 0 Å². The van der Waals surface area contributed by atoms with Crippen molar-refractivity contribution in [1.29, 1.82) is 0 Å². The van der Waals surface area contributed by atoms with Crippen LogP contribution in [0.25, 0.3) is 0 Å². The average molecular weight is 297 g/mol. The number of amides is 1. The van der Waals surface area contributed by atoms with Gasteiger partial charge in [0.1, 0.15) is 5.82 Å². The minimum Gasteiger partial charge on any atom is -0.322 e. The lowest BCUT2D eigenvalue weighted by Gasteiger charge is -2.18. The molecule has 2 aromatic carbocycles. The molecule has 0 atom stereocenters. The summed E-state index contributed by atoms with van der Waals surface area (Å²) in [5, 5.41) is 2.87. The fraction of sp³-hybridized carbons (Fsp3) is 0.316. The number of carbonyl (C=O) groups is 1. The largest absolute Gasteiger partial charge is 0.322 e. The molecule has 1 amide bonds. The van der Waals surface area contributed by atoms with Crippen LogP contribution >= 0.6 is 0 Å². The molecule has 3 heteroatoms. The Hall–Kier alpha value is -2.16. The molecule has 0 saturated carbocycles. The highest BCUT2D eigenvalue weighted by Gasteiger charge is 2.16. The fourth-order valence-corrected chi connectivity index (χ4v) is 3.07. The maximum atomic E-state index is 13.3. The molecule has 1 N–H and O–H groups in total. The maximum Gasteiger partial charge on any atom is 0.255 e. The van der Waals surface area contributed by atoms with Gasteiger partial charge in [-0.25, -0.2) is 4.39 Å². The van der Waals surface area contributed by atoms with E-state index in [-0.39, 0.29) is 11.7 Å². The third-order valence-corrected chi connectivity index (χ3v) is 4.35. The quantitative estimate of drug-likeness (QED) is 0.864. The molecule has 22 heavy (non-hydrogen) atoms. The minimum atomic E-state index is -0.261. The van der Waals surface area contributed by atoms with Crippen molar-refractivity contribution in [2.75, 3.05) is 5.32 Å². The second kappa shape index (κ2) is 5.91. The molecular weight excluding hydrogens is 277 g/mol. The molecule has 3 rings (SSSR count). The molecule has 0 aliphatic heterocycles. The molecule has 0 fully saturated rings. The first-order chi connectivity index (χ1) is 10.5. The molecule has 2 aromatic rings. The molecular formula is C19H20FNO. The Morgan fingerprint density at radius 3 is 2.36 bits per heavy atom. The summed E-state index contributed by atoms with van der Waals surface area (Å²) in [5.41, 5.74) is 5.52. The van der Waals surface area contributed by atoms with Gasteiger partial charge in [0.25, 0.3) is 5.91 Å². The Morgan fingerprint density at radius 1 is 1.00 bits per heavy atom. The number of carbonyl (C=O) groups excluding carboxylic acids is 1. The molecule has 0 bridgehead atoms. The van der Waals surface area contributed by atoms with E-state index in [1.54, 1.807) is 19.1 Å². The Morgan fingerprint density at radius 2 is 1.68 bits per heavy atom. The number of halogens is 1. The number of hydrogen-bond donors (Lipinski definition) is 1. The summed E-state index contributed by atoms with van der Waals surface area (Å²) < 4.78 is 13.3. The lowest BCUT2D eigenvalue weighted by molar-refractivity contribution is 0.102. The van der Waals surface area contributed by atoms with Gasteiger partial charge in [-0.3, -0.25) is 4.79 Å². The first-order valence-corrected chi connectivity index (χ1v) is 7.74. The smallest absolute Gasteiger partial charge is 0.255 e. The van der Waals surface area contributed by atoms with Crippen molar-refractivity contribution >= 4 is 11.6 Å². The predicted molar refractivity (Wildman–Crippen MR) is 86.9 cm³/mol. The predicted octanol–water partition coefficient (Wildman–Crippen LogP) is 4.57. The van der Waals surface area contributed by atoms with Crippen LogP contribution < -0.4 is 5.32 Å². The van der Waals surface area contributed by atoms with Gasteiger partial charge in [0.15, 0.2) is 0 Å². The first kappa shape index (κ1) is 14.8. The summed E-state index contributed by atoms with van der Waals surface area (Å²) in [4.78, 5) is 12.5. The number of fused-ring (bicyclic) bond motifs is 1. The van der Waals surface area contributed by atoms with Crippen LogP contribution in [0.4, 0.5) is 10.1 Å². The monoisotopic (exact) mass is 297 g/mol. The summed E-state index contributed by atoms with van der Waals surface area (Å²) in [5.74, 6) is -0.389. The van der Waals surface area contributed by atoms with E-state index in [9.17, 15) is 9.18 Å². The zero-order chi connectivity index (χ0) is 15.7. The van der Waals surface area contributed by atoms with Crippen LogP contribution in [0.15, 0.2) is 30.3 Å². The van der Waals surface area contributed by atoms with Crippen LogP contribution in [0.3, 0.4) is 0 Å². The third kappa shape index (κ3) is 2.89. The Labute approximate surface area is 130 Å². The second-order valence-corrected chi connectivity index (χ2v) is 6.06. The summed E-state index contributed by atoms with van der Waals surface area (Å²) >= 11 is 0. The van der Waals surface area contributed by atoms with E-state index in [2.05, 4.69) is 11.4 Å². The number of nitrogens with one attached hydrogen (secondary N) is 1. The van der Waals surface area contributed by atoms with Crippen molar-refractivity contribution in [2.24, 2.45) is 0 Å². The molecule has 0 spiro atoms. The van der Waals surface area contributed by atoms with E-state index in [1.165, 1.54) is 30.0 Å². The molecule has 0 radical (unpaired) electrons. The van der Waals surface area contributed by atoms with E-state index in [4.69, 9.17) is 0 Å². The number of aryl methyl sites for hydroxylation is 4. The van der Waals surface area contributed by atoms with Crippen LogP contribution in [-0.2, 0) is 12.8 Å². The normalized spacial score (nSPS) is 13.6. The van der Waals surface area contributed by atoms with Gasteiger partial charge in [0.05, 0.1) is 0 Å². The molecule has 1 aliphatic rings. The zero-order valence-electron chi connectivity index (χ0n) is 13.0. The molecule has 2 nitrogen and oxygen atoms in total. The Kier molecular flexibility index (Phi) is 3.97. The summed E-state index contributed by atoms with van der Waals surface area (Å²) in [6.45, 7) is 3.66. The lowest BCUT2D eigenvalue weighted by atomic mass is 9.88. The highest BCUT2D eigenvalue weighted by Crippen LogP contribution is 2.25. The van der Waals surface area contributed by atoms with Gasteiger partial charge in [-0.05, 0) is 86.1 Å². The molecule has 0 aromatic heterocycles. The van der Waals surface area contributed by atoms with Gasteiger partial charge in [-0.15, -0.1) is 0 Å². The summed E-state index contributed by atoms with van der Waals surface area (Å²) in [6, 6.07) is 8.79. The molecule has 0 heterocycles. The summed E-state index contributed by atoms with van der Waals surface area (Å²) in [6.07, 6.45) is 4.57. The van der Waals surface area contributed by atoms with Crippen molar-refractivity contribution in [3.8, 4) is 0 Å². The SMILES string of the molecule is Cc1cc(NC(=O)c2cc3c(cc2C)CCCC3)ccc1F. The van der Waals surface area contributed by atoms with Crippen molar-refractivity contribution < 1.29 is 9.18 Å². The van der Waals surface area contributed by atoms with Gasteiger partial charge >= 0.3 is 0 Å². The van der Waals surface area contributed by atoms with Gasteiger partial charge in [-0.1, -0.05) is 6.07 Å². The van der Waals surface area contributed by atoms with Crippen LogP contribution in [0.5, 0.6) is 0 Å². The van der Waals surface area contributed by atoms with Crippen LogP contribution in [0, 0.1) is 19.7 Å². The summed E-state index contributed by atoms with van der Waals surface area (Å²) in [7, 11) is 0. The fourth-order valence-electron chi connectivity index (χ4n) is 3.07. The van der Waals surface area contributed by atoms with Crippen molar-refractivity contribution in [1.82, 2.24) is 0 Å². The van der Waals surface area contributed by atoms with Crippen molar-refractivity contribution in [3.05, 3.63) is 64.0 Å². The molecule has 0 saturated heterocycles. The van der Waals surface area contributed by atoms with Gasteiger partial charge in [0, 0.05) is 11.3 Å². The van der Waals surface area contributed by atoms with E-state index < -0.39 is 0 Å². The molecule has 114 valence electrons. The number of anilines is 1. The van der Waals surface area contributed by atoms with E-state index in [0.717, 1.165) is 18.4 Å². The van der Waals surface area contributed by atoms with Crippen LogP contribution in [0.1, 0.15) is 45.5 Å². The number of hydrogen-bond acceptors (Lipinski definition) is 1. The third-order valence-electron chi connectivity index (χ3n) is 4.35. The Bertz CT molecular complexity index is 736. The number of rotatable bonds is 2. The maximum absolute atomic E-state index is 13.3. The van der Waals surface area contributed by atoms with Crippen LogP contribution in [-0.4, -0.2) is 5.91 Å². The molecule has 0 unspecified atom stereocenters. The van der Waals surface area contributed by atoms with Crippen molar-refractivity contribution in [2.45, 2.75) is 39.5 Å². The average Bonchev–Trinajstić information content (AvgIpc) is 2.50.